The van der Waals surface area contributed by atoms with E-state index in [4.69, 9.17) is 14.6 Å². The molecule has 0 heterocycles. The Morgan fingerprint density at radius 1 is 0.661 bits per heavy atom. The lowest BCUT2D eigenvalue weighted by molar-refractivity contribution is -0.150. The predicted molar refractivity (Wildman–Crippen MR) is 235 cm³/mol. The second-order valence-corrected chi connectivity index (χ2v) is 18.2. The fraction of sp³-hybridized carbons (Fsp3) is 0.898. The van der Waals surface area contributed by atoms with Crippen molar-refractivity contribution in [2.75, 3.05) is 27.2 Å². The molecule has 328 valence electrons. The molecule has 1 N–H and O–H groups in total. The molecule has 7 heteroatoms. The Hall–Kier alpha value is -1.89. The first-order valence-electron chi connectivity index (χ1n) is 23.9. The minimum atomic E-state index is -0.726. The van der Waals surface area contributed by atoms with Crippen LogP contribution in [0.1, 0.15) is 221 Å². The number of allylic oxidation sites excluding steroid dienone is 2. The number of carboxylic acids is 1. The number of carbonyl (C=O) groups is 3. The predicted octanol–water partition coefficient (Wildman–Crippen LogP) is 13.5. The highest BCUT2D eigenvalue weighted by molar-refractivity contribution is 5.69. The lowest BCUT2D eigenvalue weighted by Gasteiger charge is -2.34. The zero-order valence-electron chi connectivity index (χ0n) is 37.9. The molecule has 4 unspecified atom stereocenters. The van der Waals surface area contributed by atoms with Gasteiger partial charge >= 0.3 is 17.9 Å². The van der Waals surface area contributed by atoms with Gasteiger partial charge in [-0.2, -0.15) is 0 Å². The van der Waals surface area contributed by atoms with Gasteiger partial charge < -0.3 is 19.5 Å². The zero-order chi connectivity index (χ0) is 41.4. The number of carbonyl (C=O) groups excluding carboxylic acids is 2. The van der Waals surface area contributed by atoms with Gasteiger partial charge in [-0.05, 0) is 134 Å². The summed E-state index contributed by atoms with van der Waals surface area (Å²) < 4.78 is 11.4. The Kier molecular flexibility index (Phi) is 31.7. The minimum Gasteiger partial charge on any atom is -0.481 e. The van der Waals surface area contributed by atoms with Gasteiger partial charge in [-0.15, -0.1) is 0 Å². The number of esters is 2. The number of unbranched alkanes of at least 4 members (excludes halogenated alkanes) is 12. The highest BCUT2D eigenvalue weighted by Crippen LogP contribution is 2.52. The maximum atomic E-state index is 12.4. The number of fused-ring (bicyclic) bond motifs is 1. The Labute approximate surface area is 346 Å². The topological polar surface area (TPSA) is 93.1 Å². The van der Waals surface area contributed by atoms with Gasteiger partial charge in [-0.25, -0.2) is 0 Å². The number of carboxylic acid groups (broad SMARTS) is 1. The van der Waals surface area contributed by atoms with Crippen LogP contribution in [0.15, 0.2) is 11.6 Å². The average molecular weight is 790 g/mol. The molecule has 2 fully saturated rings. The van der Waals surface area contributed by atoms with Crippen molar-refractivity contribution in [1.29, 1.82) is 0 Å². The van der Waals surface area contributed by atoms with Gasteiger partial charge in [0.15, 0.2) is 0 Å². The fourth-order valence-electron chi connectivity index (χ4n) is 8.91. The Morgan fingerprint density at radius 3 is 1.71 bits per heavy atom. The molecule has 4 atom stereocenters. The normalized spacial score (nSPS) is 18.4. The van der Waals surface area contributed by atoms with Crippen molar-refractivity contribution >= 4 is 17.9 Å². The van der Waals surface area contributed by atoms with Crippen LogP contribution in [0.2, 0.25) is 0 Å². The zero-order valence-corrected chi connectivity index (χ0v) is 37.9. The molecule has 2 saturated carbocycles. The van der Waals surface area contributed by atoms with Crippen molar-refractivity contribution < 1.29 is 29.0 Å². The second-order valence-electron chi connectivity index (χ2n) is 18.2. The molecule has 2 aliphatic carbocycles. The van der Waals surface area contributed by atoms with Crippen LogP contribution in [0.4, 0.5) is 0 Å². The third kappa shape index (κ3) is 27.7. The van der Waals surface area contributed by atoms with Gasteiger partial charge in [0.1, 0.15) is 6.10 Å². The molecule has 56 heavy (non-hydrogen) atoms. The van der Waals surface area contributed by atoms with Gasteiger partial charge in [0, 0.05) is 19.3 Å². The summed E-state index contributed by atoms with van der Waals surface area (Å²) in [5.41, 5.74) is 1.68. The summed E-state index contributed by atoms with van der Waals surface area (Å²) in [7, 11) is 4.02. The first-order valence-corrected chi connectivity index (χ1v) is 23.9. The van der Waals surface area contributed by atoms with E-state index in [0.717, 1.165) is 120 Å². The van der Waals surface area contributed by atoms with Crippen LogP contribution in [-0.2, 0) is 23.9 Å². The van der Waals surface area contributed by atoms with Crippen molar-refractivity contribution in [3.63, 3.8) is 0 Å². The van der Waals surface area contributed by atoms with E-state index in [1.54, 1.807) is 5.57 Å². The molecule has 0 spiro atoms. The third-order valence-electron chi connectivity index (χ3n) is 12.4. The van der Waals surface area contributed by atoms with Gasteiger partial charge in [-0.3, -0.25) is 14.4 Å². The number of ether oxygens (including phenoxy) is 2. The van der Waals surface area contributed by atoms with Crippen molar-refractivity contribution in [3.8, 4) is 0 Å². The van der Waals surface area contributed by atoms with Crippen molar-refractivity contribution in [3.05, 3.63) is 11.6 Å². The van der Waals surface area contributed by atoms with Crippen LogP contribution in [0, 0.1) is 29.6 Å². The summed E-state index contributed by atoms with van der Waals surface area (Å²) >= 11 is 0. The number of hydrogen-bond donors (Lipinski definition) is 1. The summed E-state index contributed by atoms with van der Waals surface area (Å²) in [5, 5.41) is 8.77. The van der Waals surface area contributed by atoms with Crippen molar-refractivity contribution in [2.24, 2.45) is 29.6 Å². The van der Waals surface area contributed by atoms with Gasteiger partial charge in [0.25, 0.3) is 0 Å². The van der Waals surface area contributed by atoms with Gasteiger partial charge in [0.05, 0.1) is 6.61 Å². The molecule has 0 aromatic carbocycles. The smallest absolute Gasteiger partial charge is 0.306 e. The van der Waals surface area contributed by atoms with E-state index in [1.807, 2.05) is 14.1 Å². The molecule has 0 aliphatic heterocycles. The first kappa shape index (κ1) is 52.1. The molecular weight excluding hydrogens is 699 g/mol. The molecule has 0 amide bonds. The second kappa shape index (κ2) is 34.0. The summed E-state index contributed by atoms with van der Waals surface area (Å²) in [5.74, 6) is 3.70. The standard InChI is InChI=1S/C36H69NO6.C13H22/c1-5-7-15-22-32(23-16-8-6-2)29-31-42-35(40)27-20-14-10-12-18-25-33(43-36(41)28-21-30-37(3)4)24-17-11-9-13-19-26-34(38)39;1-9(2)8-10(3)12-6-4-11-5-7-13(11)12/h32-33H,5-31H2,1-4H3,(H,38,39);8-9,11-13H,4-7H2,1-3H3/b;10-8+. The molecule has 0 radical (unpaired) electrons. The van der Waals surface area contributed by atoms with Crippen LogP contribution in [0.3, 0.4) is 0 Å². The first-order chi connectivity index (χ1) is 27.0. The maximum Gasteiger partial charge on any atom is 0.306 e. The van der Waals surface area contributed by atoms with Crippen LogP contribution < -0.4 is 0 Å². The van der Waals surface area contributed by atoms with E-state index in [0.29, 0.717) is 25.4 Å². The molecule has 0 aromatic rings. The van der Waals surface area contributed by atoms with Crippen LogP contribution in [0.5, 0.6) is 0 Å². The van der Waals surface area contributed by atoms with Crippen LogP contribution in [0.25, 0.3) is 0 Å². The fourth-order valence-corrected chi connectivity index (χ4v) is 8.91. The number of nitrogens with zero attached hydrogens (tertiary/aromatic N) is 1. The number of hydrogen-bond acceptors (Lipinski definition) is 6. The monoisotopic (exact) mass is 790 g/mol. The molecule has 0 bridgehead atoms. The largest absolute Gasteiger partial charge is 0.481 e. The maximum absolute atomic E-state index is 12.4. The molecule has 2 rings (SSSR count). The Balaban J connectivity index is 0.000000996. The molecule has 0 saturated heterocycles. The van der Waals surface area contributed by atoms with E-state index in [2.05, 4.69) is 45.6 Å². The minimum absolute atomic E-state index is 0.0337. The Bertz CT molecular complexity index is 1010. The molecular formula is C49H91NO6. The van der Waals surface area contributed by atoms with Crippen LogP contribution >= 0.6 is 0 Å². The molecule has 2 aliphatic rings. The SMILES string of the molecule is C/C(=C\C(C)C)C1CCC2CCC21.CCCCCC(CCCCC)CCOC(=O)CCCCCCCC(CCCCCCCC(=O)O)OC(=O)CCCN(C)C. The van der Waals surface area contributed by atoms with Gasteiger partial charge in [0.2, 0.25) is 0 Å². The van der Waals surface area contributed by atoms with E-state index in [9.17, 15) is 14.4 Å². The number of rotatable bonds is 34. The average Bonchev–Trinajstić information content (AvgIpc) is 3.42. The molecule has 7 nitrogen and oxygen atoms in total. The quantitative estimate of drug-likeness (QED) is 0.0394. The summed E-state index contributed by atoms with van der Waals surface area (Å²) in [6, 6.07) is 0. The lowest BCUT2D eigenvalue weighted by Crippen LogP contribution is -2.25. The molecule has 0 aromatic heterocycles. The Morgan fingerprint density at radius 2 is 1.20 bits per heavy atom. The highest BCUT2D eigenvalue weighted by atomic mass is 16.5. The van der Waals surface area contributed by atoms with E-state index >= 15 is 0 Å². The van der Waals surface area contributed by atoms with E-state index in [1.165, 1.54) is 77.0 Å². The van der Waals surface area contributed by atoms with Crippen molar-refractivity contribution in [1.82, 2.24) is 4.90 Å². The van der Waals surface area contributed by atoms with Crippen LogP contribution in [-0.4, -0.2) is 61.3 Å². The third-order valence-corrected chi connectivity index (χ3v) is 12.4. The summed E-state index contributed by atoms with van der Waals surface area (Å²) in [4.78, 5) is 37.4. The summed E-state index contributed by atoms with van der Waals surface area (Å²) in [6.07, 6.45) is 33.3. The lowest BCUT2D eigenvalue weighted by atomic mass is 9.71. The van der Waals surface area contributed by atoms with E-state index in [-0.39, 0.29) is 24.5 Å². The highest BCUT2D eigenvalue weighted by Gasteiger charge is 2.42. The van der Waals surface area contributed by atoms with Crippen molar-refractivity contribution in [2.45, 2.75) is 227 Å². The number of aliphatic carboxylic acids is 1. The van der Waals surface area contributed by atoms with Gasteiger partial charge in [-0.1, -0.05) is 129 Å². The van der Waals surface area contributed by atoms with E-state index < -0.39 is 5.97 Å². The summed E-state index contributed by atoms with van der Waals surface area (Å²) in [6.45, 7) is 12.9.